The first-order chi connectivity index (χ1) is 11.9. The molecule has 1 saturated heterocycles. The first-order valence-corrected chi connectivity index (χ1v) is 9.48. The maximum absolute atomic E-state index is 6.46. The number of aromatic amines is 1. The molecule has 0 spiro atoms. The van der Waals surface area contributed by atoms with Crippen LogP contribution < -0.4 is 0 Å². The van der Waals surface area contributed by atoms with Crippen molar-refractivity contribution in [2.24, 2.45) is 0 Å². The summed E-state index contributed by atoms with van der Waals surface area (Å²) < 4.78 is 15.2. The Kier molecular flexibility index (Phi) is 5.56. The van der Waals surface area contributed by atoms with Gasteiger partial charge in [-0.05, 0) is 49.7 Å². The van der Waals surface area contributed by atoms with Gasteiger partial charge in [0.1, 0.15) is 6.33 Å². The number of hydrogen-bond acceptors (Lipinski definition) is 4. The van der Waals surface area contributed by atoms with E-state index in [1.807, 2.05) is 23.6 Å². The summed E-state index contributed by atoms with van der Waals surface area (Å²) in [7, 11) is 0. The fourth-order valence-electron chi connectivity index (χ4n) is 3.31. The van der Waals surface area contributed by atoms with E-state index in [1.54, 1.807) is 6.33 Å². The molecule has 1 aliphatic heterocycles. The highest BCUT2D eigenvalue weighted by molar-refractivity contribution is 7.71. The molecule has 0 saturated carbocycles. The molecule has 136 valence electrons. The molecule has 2 heterocycles. The molecule has 1 aliphatic rings. The van der Waals surface area contributed by atoms with Gasteiger partial charge in [-0.1, -0.05) is 37.0 Å². The van der Waals surface area contributed by atoms with Crippen LogP contribution in [0, 0.1) is 11.7 Å². The van der Waals surface area contributed by atoms with Crippen LogP contribution in [0.2, 0.25) is 10.0 Å². The third-order valence-electron chi connectivity index (χ3n) is 4.58. The second kappa shape index (κ2) is 7.37. The number of halogens is 2. The van der Waals surface area contributed by atoms with Crippen LogP contribution in [0.4, 0.5) is 0 Å². The molecule has 1 aromatic heterocycles. The highest BCUT2D eigenvalue weighted by Crippen LogP contribution is 2.44. The van der Waals surface area contributed by atoms with E-state index >= 15 is 0 Å². The minimum atomic E-state index is -0.984. The number of nitrogens with one attached hydrogen (secondary N) is 1. The van der Waals surface area contributed by atoms with E-state index in [0.29, 0.717) is 21.4 Å². The lowest BCUT2D eigenvalue weighted by Crippen LogP contribution is -2.34. The normalized spacial score (nSPS) is 26.3. The van der Waals surface area contributed by atoms with Crippen LogP contribution in [0.1, 0.15) is 37.8 Å². The minimum Gasteiger partial charge on any atom is -0.338 e. The molecule has 2 unspecified atom stereocenters. The molecule has 2 atom stereocenters. The van der Waals surface area contributed by atoms with Crippen LogP contribution in [-0.4, -0.2) is 27.0 Å². The smallest absolute Gasteiger partial charge is 0.214 e. The Morgan fingerprint density at radius 1 is 1.20 bits per heavy atom. The fourth-order valence-corrected chi connectivity index (χ4v) is 3.86. The van der Waals surface area contributed by atoms with Crippen molar-refractivity contribution in [3.05, 3.63) is 44.4 Å². The molecule has 0 radical (unpaired) electrons. The van der Waals surface area contributed by atoms with Gasteiger partial charge in [-0.15, -0.1) is 0 Å². The van der Waals surface area contributed by atoms with Gasteiger partial charge in [0.25, 0.3) is 0 Å². The van der Waals surface area contributed by atoms with Crippen molar-refractivity contribution in [3.8, 4) is 0 Å². The number of rotatable bonds is 5. The van der Waals surface area contributed by atoms with E-state index in [-0.39, 0.29) is 12.2 Å². The van der Waals surface area contributed by atoms with Gasteiger partial charge < -0.3 is 14.0 Å². The summed E-state index contributed by atoms with van der Waals surface area (Å²) in [5, 5.41) is 7.74. The first kappa shape index (κ1) is 18.9. The lowest BCUT2D eigenvalue weighted by Gasteiger charge is -2.31. The van der Waals surface area contributed by atoms with Gasteiger partial charge in [-0.2, -0.15) is 5.10 Å². The van der Waals surface area contributed by atoms with Crippen molar-refractivity contribution in [2.45, 2.75) is 58.2 Å². The molecule has 5 nitrogen and oxygen atoms in total. The van der Waals surface area contributed by atoms with Crippen molar-refractivity contribution in [3.63, 3.8) is 0 Å². The summed E-state index contributed by atoms with van der Waals surface area (Å²) in [5.74, 6) is -0.984. The number of hydrogen-bond donors (Lipinski definition) is 1. The molecule has 25 heavy (non-hydrogen) atoms. The molecule has 8 heteroatoms. The number of aryl methyl sites for hydroxylation is 1. The summed E-state index contributed by atoms with van der Waals surface area (Å²) in [6, 6.07) is 3.66. The zero-order valence-corrected chi connectivity index (χ0v) is 16.7. The quantitative estimate of drug-likeness (QED) is 0.714. The molecule has 0 aliphatic carbocycles. The molecule has 0 amide bonds. The summed E-state index contributed by atoms with van der Waals surface area (Å²) in [4.78, 5) is 0. The Hall–Kier alpha value is -0.920. The van der Waals surface area contributed by atoms with Gasteiger partial charge >= 0.3 is 0 Å². The molecule has 2 aromatic rings. The summed E-state index contributed by atoms with van der Waals surface area (Å²) in [6.45, 7) is 6.55. The monoisotopic (exact) mass is 401 g/mol. The van der Waals surface area contributed by atoms with Crippen LogP contribution in [0.5, 0.6) is 0 Å². The summed E-state index contributed by atoms with van der Waals surface area (Å²) in [6.07, 6.45) is 3.36. The second-order valence-electron chi connectivity index (χ2n) is 6.25. The van der Waals surface area contributed by atoms with Gasteiger partial charge in [0.2, 0.25) is 5.79 Å². The predicted octanol–water partition coefficient (Wildman–Crippen LogP) is 5.01. The number of benzene rings is 1. The largest absolute Gasteiger partial charge is 0.338 e. The van der Waals surface area contributed by atoms with Crippen LogP contribution >= 0.6 is 35.4 Å². The van der Waals surface area contributed by atoms with E-state index in [2.05, 4.69) is 24.0 Å². The van der Waals surface area contributed by atoms with E-state index in [4.69, 9.17) is 44.9 Å². The van der Waals surface area contributed by atoms with Crippen molar-refractivity contribution in [2.75, 3.05) is 0 Å². The molecule has 1 fully saturated rings. The summed E-state index contributed by atoms with van der Waals surface area (Å²) in [5.41, 5.74) is 1.82. The van der Waals surface area contributed by atoms with Gasteiger partial charge in [0.05, 0.1) is 28.8 Å². The summed E-state index contributed by atoms with van der Waals surface area (Å²) >= 11 is 17.8. The minimum absolute atomic E-state index is 0.0000685. The van der Waals surface area contributed by atoms with E-state index in [1.165, 1.54) is 0 Å². The predicted molar refractivity (Wildman–Crippen MR) is 101 cm³/mol. The Morgan fingerprint density at radius 2 is 1.80 bits per heavy atom. The molecule has 1 aromatic carbocycles. The molecular weight excluding hydrogens is 381 g/mol. The van der Waals surface area contributed by atoms with Crippen LogP contribution in [0.3, 0.4) is 0 Å². The fraction of sp³-hybridized carbons (Fsp3) is 0.529. The average molecular weight is 402 g/mol. The first-order valence-electron chi connectivity index (χ1n) is 8.31. The van der Waals surface area contributed by atoms with Crippen LogP contribution in [0.15, 0.2) is 18.5 Å². The highest BCUT2D eigenvalue weighted by atomic mass is 35.5. The zero-order chi connectivity index (χ0) is 18.2. The zero-order valence-electron chi connectivity index (χ0n) is 14.4. The number of nitrogens with zero attached hydrogens (tertiary/aromatic N) is 2. The number of ether oxygens (including phenoxy) is 2. The van der Waals surface area contributed by atoms with Gasteiger partial charge in [0, 0.05) is 5.56 Å². The van der Waals surface area contributed by atoms with Crippen molar-refractivity contribution < 1.29 is 9.47 Å². The Morgan fingerprint density at radius 3 is 2.32 bits per heavy atom. The Bertz CT molecular complexity index is 808. The third-order valence-corrected chi connectivity index (χ3v) is 5.63. The lowest BCUT2D eigenvalue weighted by molar-refractivity contribution is -0.195. The standard InChI is InChI=1S/C17H21Cl2N3O2S/c1-4-14-15(5-2)24-17(23-14,8-22-9-20-21-16(22)25)11-7-13(19)12(18)6-10(11)3/h6-7,9,14-15H,4-5,8H2,1-3H3,(H,21,25). The second-order valence-corrected chi connectivity index (χ2v) is 7.45. The van der Waals surface area contributed by atoms with Gasteiger partial charge in [0.15, 0.2) is 4.77 Å². The van der Waals surface area contributed by atoms with Crippen molar-refractivity contribution >= 4 is 35.4 Å². The van der Waals surface area contributed by atoms with E-state index in [9.17, 15) is 0 Å². The van der Waals surface area contributed by atoms with Crippen LogP contribution in [-0.2, 0) is 21.8 Å². The van der Waals surface area contributed by atoms with Crippen molar-refractivity contribution in [1.82, 2.24) is 14.8 Å². The average Bonchev–Trinajstić information content (AvgIpc) is 3.15. The molecule has 0 bridgehead atoms. The Balaban J connectivity index is 2.12. The number of aromatic nitrogens is 3. The van der Waals surface area contributed by atoms with Crippen molar-refractivity contribution in [1.29, 1.82) is 0 Å². The molecular formula is C17H21Cl2N3O2S. The maximum atomic E-state index is 6.46. The third kappa shape index (κ3) is 3.51. The lowest BCUT2D eigenvalue weighted by atomic mass is 9.99. The molecule has 3 rings (SSSR count). The van der Waals surface area contributed by atoms with E-state index in [0.717, 1.165) is 24.0 Å². The van der Waals surface area contributed by atoms with E-state index < -0.39 is 5.79 Å². The Labute approximate surface area is 162 Å². The van der Waals surface area contributed by atoms with Gasteiger partial charge in [-0.3, -0.25) is 5.10 Å². The highest BCUT2D eigenvalue weighted by Gasteiger charge is 2.49. The number of H-pyrrole nitrogens is 1. The molecule has 1 N–H and O–H groups in total. The van der Waals surface area contributed by atoms with Crippen LogP contribution in [0.25, 0.3) is 0 Å². The maximum Gasteiger partial charge on any atom is 0.214 e. The SMILES string of the molecule is CCC1OC(Cn2cn[nH]c2=S)(c2cc(Cl)c(Cl)cc2C)OC1CC. The topological polar surface area (TPSA) is 52.1 Å². The van der Waals surface area contributed by atoms with Gasteiger partial charge in [-0.25, -0.2) is 0 Å².